The van der Waals surface area contributed by atoms with E-state index in [0.717, 1.165) is 23.7 Å². The summed E-state index contributed by atoms with van der Waals surface area (Å²) in [6, 6.07) is 0. The standard InChI is InChI=1S/C20H42/c1-9-13-19(20(7,8)12-4)17(6)14-15-18(11-3)16(5)10-2/h16-19H,9-15H2,1-8H3. The quantitative estimate of drug-likeness (QED) is 0.372. The molecule has 0 spiro atoms. The summed E-state index contributed by atoms with van der Waals surface area (Å²) in [4.78, 5) is 0. The topological polar surface area (TPSA) is 0 Å². The van der Waals surface area contributed by atoms with E-state index in [2.05, 4.69) is 55.4 Å². The minimum Gasteiger partial charge on any atom is -0.0654 e. The van der Waals surface area contributed by atoms with Gasteiger partial charge in [-0.2, -0.15) is 0 Å². The van der Waals surface area contributed by atoms with E-state index in [9.17, 15) is 0 Å². The van der Waals surface area contributed by atoms with Crippen LogP contribution in [0.4, 0.5) is 0 Å². The van der Waals surface area contributed by atoms with Gasteiger partial charge in [0.15, 0.2) is 0 Å². The van der Waals surface area contributed by atoms with Crippen LogP contribution in [0, 0.1) is 29.1 Å². The van der Waals surface area contributed by atoms with Crippen LogP contribution in [0.2, 0.25) is 0 Å². The Kier molecular flexibility index (Phi) is 9.85. The Bertz CT molecular complexity index is 228. The van der Waals surface area contributed by atoms with Crippen LogP contribution in [-0.4, -0.2) is 0 Å². The van der Waals surface area contributed by atoms with Gasteiger partial charge in [0, 0.05) is 0 Å². The van der Waals surface area contributed by atoms with E-state index in [1.165, 1.54) is 44.9 Å². The van der Waals surface area contributed by atoms with Crippen LogP contribution in [0.3, 0.4) is 0 Å². The Balaban J connectivity index is 4.57. The summed E-state index contributed by atoms with van der Waals surface area (Å²) in [6.45, 7) is 19.4. The van der Waals surface area contributed by atoms with Gasteiger partial charge < -0.3 is 0 Å². The molecule has 0 amide bonds. The van der Waals surface area contributed by atoms with Crippen LogP contribution in [-0.2, 0) is 0 Å². The van der Waals surface area contributed by atoms with Crippen LogP contribution in [0.5, 0.6) is 0 Å². The first-order chi connectivity index (χ1) is 9.33. The second kappa shape index (κ2) is 9.85. The van der Waals surface area contributed by atoms with E-state index < -0.39 is 0 Å². The molecule has 0 aromatic heterocycles. The van der Waals surface area contributed by atoms with Crippen LogP contribution in [0.25, 0.3) is 0 Å². The molecular formula is C20H42. The zero-order valence-electron chi connectivity index (χ0n) is 15.8. The SMILES string of the molecule is CCCC(C(C)CCC(CC)C(C)CC)C(C)(C)CC. The van der Waals surface area contributed by atoms with Gasteiger partial charge in [0.05, 0.1) is 0 Å². The summed E-state index contributed by atoms with van der Waals surface area (Å²) < 4.78 is 0. The molecule has 122 valence electrons. The summed E-state index contributed by atoms with van der Waals surface area (Å²) in [5, 5.41) is 0. The van der Waals surface area contributed by atoms with Gasteiger partial charge in [0.25, 0.3) is 0 Å². The highest BCUT2D eigenvalue weighted by Crippen LogP contribution is 2.41. The molecule has 0 heterocycles. The number of hydrogen-bond donors (Lipinski definition) is 0. The predicted molar refractivity (Wildman–Crippen MR) is 94.1 cm³/mol. The minimum atomic E-state index is 0.507. The summed E-state index contributed by atoms with van der Waals surface area (Å²) in [5.74, 6) is 3.61. The molecule has 4 atom stereocenters. The van der Waals surface area contributed by atoms with Crippen LogP contribution in [0.15, 0.2) is 0 Å². The Morgan fingerprint density at radius 1 is 0.750 bits per heavy atom. The van der Waals surface area contributed by atoms with Crippen LogP contribution >= 0.6 is 0 Å². The van der Waals surface area contributed by atoms with Crippen molar-refractivity contribution in [2.45, 2.75) is 100 Å². The zero-order valence-corrected chi connectivity index (χ0v) is 15.8. The van der Waals surface area contributed by atoms with Crippen molar-refractivity contribution >= 4 is 0 Å². The van der Waals surface area contributed by atoms with Crippen molar-refractivity contribution in [2.24, 2.45) is 29.1 Å². The first-order valence-electron chi connectivity index (χ1n) is 9.33. The smallest absolute Gasteiger partial charge is 0.0326 e. The van der Waals surface area contributed by atoms with Gasteiger partial charge >= 0.3 is 0 Å². The maximum absolute atomic E-state index is 2.51. The molecule has 0 fully saturated rings. The van der Waals surface area contributed by atoms with Crippen molar-refractivity contribution in [3.63, 3.8) is 0 Å². The van der Waals surface area contributed by atoms with Gasteiger partial charge in [-0.05, 0) is 41.9 Å². The molecule has 0 aliphatic carbocycles. The summed E-state index contributed by atoms with van der Waals surface area (Å²) >= 11 is 0. The highest BCUT2D eigenvalue weighted by atomic mass is 14.4. The van der Waals surface area contributed by atoms with E-state index >= 15 is 0 Å². The minimum absolute atomic E-state index is 0.507. The largest absolute Gasteiger partial charge is 0.0654 e. The van der Waals surface area contributed by atoms with Crippen molar-refractivity contribution in [2.75, 3.05) is 0 Å². The molecular weight excluding hydrogens is 240 g/mol. The molecule has 0 radical (unpaired) electrons. The lowest BCUT2D eigenvalue weighted by atomic mass is 9.67. The lowest BCUT2D eigenvalue weighted by molar-refractivity contribution is 0.116. The fourth-order valence-electron chi connectivity index (χ4n) is 3.92. The Hall–Kier alpha value is 0. The van der Waals surface area contributed by atoms with Crippen molar-refractivity contribution < 1.29 is 0 Å². The first kappa shape index (κ1) is 20.0. The van der Waals surface area contributed by atoms with Crippen LogP contribution < -0.4 is 0 Å². The van der Waals surface area contributed by atoms with E-state index in [4.69, 9.17) is 0 Å². The molecule has 0 N–H and O–H groups in total. The Morgan fingerprint density at radius 2 is 1.35 bits per heavy atom. The Morgan fingerprint density at radius 3 is 1.75 bits per heavy atom. The van der Waals surface area contributed by atoms with E-state index in [1.807, 2.05) is 0 Å². The van der Waals surface area contributed by atoms with Gasteiger partial charge in [0.1, 0.15) is 0 Å². The number of hydrogen-bond acceptors (Lipinski definition) is 0. The van der Waals surface area contributed by atoms with Crippen LogP contribution in [0.1, 0.15) is 100 Å². The summed E-state index contributed by atoms with van der Waals surface area (Å²) in [7, 11) is 0. The maximum Gasteiger partial charge on any atom is -0.0326 e. The monoisotopic (exact) mass is 282 g/mol. The van der Waals surface area contributed by atoms with Crippen molar-refractivity contribution in [1.29, 1.82) is 0 Å². The molecule has 0 aromatic carbocycles. The molecule has 0 saturated heterocycles. The van der Waals surface area contributed by atoms with E-state index in [1.54, 1.807) is 0 Å². The summed E-state index contributed by atoms with van der Waals surface area (Å²) in [6.07, 6.45) is 9.61. The third-order valence-electron chi connectivity index (χ3n) is 6.17. The lowest BCUT2D eigenvalue weighted by Gasteiger charge is -2.38. The second-order valence-electron chi connectivity index (χ2n) is 7.85. The third kappa shape index (κ3) is 6.19. The predicted octanol–water partition coefficient (Wildman–Crippen LogP) is 7.33. The highest BCUT2D eigenvalue weighted by molar-refractivity contribution is 4.81. The summed E-state index contributed by atoms with van der Waals surface area (Å²) in [5.41, 5.74) is 0.507. The fourth-order valence-corrected chi connectivity index (χ4v) is 3.92. The van der Waals surface area contributed by atoms with Crippen molar-refractivity contribution in [3.8, 4) is 0 Å². The van der Waals surface area contributed by atoms with Gasteiger partial charge in [-0.25, -0.2) is 0 Å². The van der Waals surface area contributed by atoms with Crippen molar-refractivity contribution in [3.05, 3.63) is 0 Å². The molecule has 4 unspecified atom stereocenters. The van der Waals surface area contributed by atoms with Gasteiger partial charge in [-0.3, -0.25) is 0 Å². The average molecular weight is 283 g/mol. The van der Waals surface area contributed by atoms with Gasteiger partial charge in [-0.15, -0.1) is 0 Å². The maximum atomic E-state index is 2.51. The van der Waals surface area contributed by atoms with Gasteiger partial charge in [0.2, 0.25) is 0 Å². The van der Waals surface area contributed by atoms with Gasteiger partial charge in [-0.1, -0.05) is 87.5 Å². The molecule has 0 aliphatic rings. The molecule has 0 aliphatic heterocycles. The zero-order chi connectivity index (χ0) is 15.8. The third-order valence-corrected chi connectivity index (χ3v) is 6.17. The molecule has 0 nitrogen and oxygen atoms in total. The van der Waals surface area contributed by atoms with Crippen molar-refractivity contribution in [1.82, 2.24) is 0 Å². The molecule has 20 heavy (non-hydrogen) atoms. The molecule has 0 heteroatoms. The van der Waals surface area contributed by atoms with E-state index in [-0.39, 0.29) is 0 Å². The number of rotatable bonds is 11. The normalized spacial score (nSPS) is 18.6. The second-order valence-corrected chi connectivity index (χ2v) is 7.85. The fraction of sp³-hybridized carbons (Fsp3) is 1.00. The molecule has 0 saturated carbocycles. The first-order valence-corrected chi connectivity index (χ1v) is 9.33. The Labute approximate surface area is 130 Å². The average Bonchev–Trinajstić information content (AvgIpc) is 2.44. The molecule has 0 bridgehead atoms. The van der Waals surface area contributed by atoms with E-state index in [0.29, 0.717) is 5.41 Å². The molecule has 0 rings (SSSR count). The molecule has 0 aromatic rings. The lowest BCUT2D eigenvalue weighted by Crippen LogP contribution is -2.29. The highest BCUT2D eigenvalue weighted by Gasteiger charge is 2.31.